The van der Waals surface area contributed by atoms with E-state index in [0.717, 1.165) is 0 Å². The number of aliphatic hydroxyl groups is 3. The Kier molecular flexibility index (Phi) is 7.26. The molecule has 112 valence electrons. The van der Waals surface area contributed by atoms with Crippen LogP contribution < -0.4 is 5.32 Å². The average Bonchev–Trinajstić information content (AvgIpc) is 2.39. The quantitative estimate of drug-likeness (QED) is 0.265. The summed E-state index contributed by atoms with van der Waals surface area (Å²) in [5.41, 5.74) is 0. The Morgan fingerprint density at radius 1 is 1.42 bits per heavy atom. The minimum Gasteiger partial charge on any atom is -0.440 e. The molecule has 0 aromatic carbocycles. The van der Waals surface area contributed by atoms with Gasteiger partial charge in [-0.25, -0.2) is 4.79 Å². The Bertz CT molecular complexity index is 295. The van der Waals surface area contributed by atoms with Crippen molar-refractivity contribution in [3.05, 3.63) is 0 Å². The van der Waals surface area contributed by atoms with Gasteiger partial charge in [-0.3, -0.25) is 0 Å². The van der Waals surface area contributed by atoms with E-state index in [2.05, 4.69) is 17.0 Å². The Hall–Kier alpha value is -0.190. The summed E-state index contributed by atoms with van der Waals surface area (Å²) in [6, 6.07) is 0. The molecule has 0 spiro atoms. The summed E-state index contributed by atoms with van der Waals surface area (Å²) < 4.78 is 9.94. The fraction of sp³-hybridized carbons (Fsp3) is 0.900. The molecule has 2 unspecified atom stereocenters. The van der Waals surface area contributed by atoms with E-state index in [1.807, 2.05) is 0 Å². The topological polar surface area (TPSA) is 108 Å². The molecule has 0 saturated carbocycles. The lowest BCUT2D eigenvalue weighted by Crippen LogP contribution is -2.59. The third-order valence-electron chi connectivity index (χ3n) is 2.77. The summed E-state index contributed by atoms with van der Waals surface area (Å²) in [6.45, 7) is 2.10. The molecule has 7 nitrogen and oxygen atoms in total. The number of amides is 1. The smallest absolute Gasteiger partial charge is 0.407 e. The fourth-order valence-electron chi connectivity index (χ4n) is 1.76. The van der Waals surface area contributed by atoms with Gasteiger partial charge in [0.15, 0.2) is 12.4 Å². The predicted molar refractivity (Wildman–Crippen MR) is 72.9 cm³/mol. The van der Waals surface area contributed by atoms with Gasteiger partial charge in [-0.2, -0.15) is 0 Å². The lowest BCUT2D eigenvalue weighted by Gasteiger charge is -2.39. The molecule has 1 saturated heterocycles. The Labute approximate surface area is 120 Å². The number of aliphatic hydroxyl groups excluding tert-OH is 3. The maximum atomic E-state index is 11.5. The number of alkyl carbamates (subject to hydrolysis) is 1. The summed E-state index contributed by atoms with van der Waals surface area (Å²) in [5.74, 6) is 0.595. The van der Waals surface area contributed by atoms with E-state index in [9.17, 15) is 20.1 Å². The molecule has 5 atom stereocenters. The molecule has 1 heterocycles. The Balaban J connectivity index is 2.55. The summed E-state index contributed by atoms with van der Waals surface area (Å²) in [7, 11) is 1.26. The molecule has 1 rings (SSSR count). The molecule has 1 aliphatic heterocycles. The molecule has 1 amide bonds. The van der Waals surface area contributed by atoms with Crippen LogP contribution in [0.3, 0.4) is 0 Å². The van der Waals surface area contributed by atoms with Crippen molar-refractivity contribution in [1.29, 1.82) is 0 Å². The number of hydrogen-bond donors (Lipinski definition) is 5. The zero-order chi connectivity index (χ0) is 14.4. The van der Waals surface area contributed by atoms with Crippen LogP contribution in [0.1, 0.15) is 13.3 Å². The van der Waals surface area contributed by atoms with Crippen molar-refractivity contribution in [2.45, 2.75) is 44.1 Å². The molecule has 9 heteroatoms. The highest BCUT2D eigenvalue weighted by atomic mass is 33.1. The van der Waals surface area contributed by atoms with Crippen molar-refractivity contribution in [2.24, 2.45) is 0 Å². The SMILES string of the molecule is CCC1O[C@H](O)C(O)[C@@H](OC(=O)NCCSS)[C@@H]1O. The Morgan fingerprint density at radius 2 is 2.11 bits per heavy atom. The second kappa shape index (κ2) is 8.18. The minimum absolute atomic E-state index is 0.349. The van der Waals surface area contributed by atoms with Crippen molar-refractivity contribution in [3.8, 4) is 0 Å². The van der Waals surface area contributed by atoms with Crippen molar-refractivity contribution in [2.75, 3.05) is 12.3 Å². The summed E-state index contributed by atoms with van der Waals surface area (Å²) in [4.78, 5) is 11.5. The van der Waals surface area contributed by atoms with E-state index in [1.54, 1.807) is 6.92 Å². The first-order valence-corrected chi connectivity index (χ1v) is 7.95. The van der Waals surface area contributed by atoms with Crippen LogP contribution in [0.25, 0.3) is 0 Å². The van der Waals surface area contributed by atoms with Crippen LogP contribution in [-0.4, -0.2) is 64.4 Å². The number of carbonyl (C=O) groups excluding carboxylic acids is 1. The number of rotatable bonds is 5. The van der Waals surface area contributed by atoms with Crippen LogP contribution in [0.5, 0.6) is 0 Å². The highest BCUT2D eigenvalue weighted by molar-refractivity contribution is 8.68. The number of nitrogens with one attached hydrogen (secondary N) is 1. The van der Waals surface area contributed by atoms with Gasteiger partial charge in [-0.15, -0.1) is 11.7 Å². The molecule has 0 aliphatic carbocycles. The molecular weight excluding hydrogens is 294 g/mol. The molecule has 0 aromatic rings. The van der Waals surface area contributed by atoms with E-state index in [0.29, 0.717) is 18.7 Å². The molecule has 19 heavy (non-hydrogen) atoms. The first-order chi connectivity index (χ1) is 9.01. The van der Waals surface area contributed by atoms with Gasteiger partial charge in [-0.05, 0) is 6.42 Å². The monoisotopic (exact) mass is 313 g/mol. The molecule has 1 aliphatic rings. The van der Waals surface area contributed by atoms with Crippen molar-refractivity contribution in [1.82, 2.24) is 5.32 Å². The Morgan fingerprint density at radius 3 is 2.68 bits per heavy atom. The van der Waals surface area contributed by atoms with E-state index >= 15 is 0 Å². The molecule has 0 bridgehead atoms. The summed E-state index contributed by atoms with van der Waals surface area (Å²) in [6.07, 6.45) is -6.42. The van der Waals surface area contributed by atoms with Crippen LogP contribution in [0.2, 0.25) is 0 Å². The van der Waals surface area contributed by atoms with Gasteiger partial charge in [0, 0.05) is 12.3 Å². The maximum absolute atomic E-state index is 11.5. The standard InChI is InChI=1S/C10H19NO6S2/c1-2-5-6(12)8(7(13)9(14)16-5)17-10(15)11-3-4-19-18/h5-9,12-14,18H,2-4H2,1H3,(H,11,15)/t5?,6-,7?,8+,9+/m1/s1. The van der Waals surface area contributed by atoms with Crippen LogP contribution in [0.4, 0.5) is 4.79 Å². The second-order valence-corrected chi connectivity index (χ2v) is 5.53. The van der Waals surface area contributed by atoms with E-state index in [4.69, 9.17) is 9.47 Å². The first-order valence-electron chi connectivity index (χ1n) is 5.91. The van der Waals surface area contributed by atoms with Gasteiger partial charge in [0.05, 0.1) is 6.10 Å². The fourth-order valence-corrected chi connectivity index (χ4v) is 2.22. The lowest BCUT2D eigenvalue weighted by atomic mass is 9.97. The van der Waals surface area contributed by atoms with E-state index in [1.165, 1.54) is 10.8 Å². The highest BCUT2D eigenvalue weighted by Gasteiger charge is 2.45. The second-order valence-electron chi connectivity index (χ2n) is 4.08. The molecular formula is C10H19NO6S2. The number of hydrogen-bond acceptors (Lipinski definition) is 8. The van der Waals surface area contributed by atoms with Crippen molar-refractivity contribution < 1.29 is 29.6 Å². The zero-order valence-electron chi connectivity index (χ0n) is 10.4. The molecule has 0 radical (unpaired) electrons. The summed E-state index contributed by atoms with van der Waals surface area (Å²) >= 11 is 3.91. The third kappa shape index (κ3) is 4.69. The van der Waals surface area contributed by atoms with Gasteiger partial charge in [0.1, 0.15) is 12.2 Å². The predicted octanol–water partition coefficient (Wildman–Crippen LogP) is -0.492. The maximum Gasteiger partial charge on any atom is 0.407 e. The number of thiol groups is 1. The molecule has 1 fully saturated rings. The first kappa shape index (κ1) is 16.9. The zero-order valence-corrected chi connectivity index (χ0v) is 12.1. The van der Waals surface area contributed by atoms with Gasteiger partial charge in [0.2, 0.25) is 0 Å². The van der Waals surface area contributed by atoms with Gasteiger partial charge >= 0.3 is 6.09 Å². The van der Waals surface area contributed by atoms with Crippen LogP contribution in [0, 0.1) is 0 Å². The highest BCUT2D eigenvalue weighted by Crippen LogP contribution is 2.24. The van der Waals surface area contributed by atoms with E-state index < -0.39 is 36.8 Å². The third-order valence-corrected chi connectivity index (χ3v) is 3.70. The van der Waals surface area contributed by atoms with E-state index in [-0.39, 0.29) is 0 Å². The van der Waals surface area contributed by atoms with Crippen LogP contribution >= 0.6 is 22.5 Å². The van der Waals surface area contributed by atoms with Crippen molar-refractivity contribution in [3.63, 3.8) is 0 Å². The molecule has 0 aromatic heterocycles. The lowest BCUT2D eigenvalue weighted by molar-refractivity contribution is -0.280. The average molecular weight is 313 g/mol. The van der Waals surface area contributed by atoms with Crippen LogP contribution in [-0.2, 0) is 9.47 Å². The normalized spacial score (nSPS) is 34.9. The minimum atomic E-state index is -1.49. The number of ether oxygens (including phenoxy) is 2. The largest absolute Gasteiger partial charge is 0.440 e. The number of carbonyl (C=O) groups is 1. The summed E-state index contributed by atoms with van der Waals surface area (Å²) in [5, 5.41) is 31.5. The van der Waals surface area contributed by atoms with Gasteiger partial charge in [-0.1, -0.05) is 17.7 Å². The van der Waals surface area contributed by atoms with Gasteiger partial charge < -0.3 is 30.1 Å². The van der Waals surface area contributed by atoms with Crippen LogP contribution in [0.15, 0.2) is 0 Å². The van der Waals surface area contributed by atoms with Crippen molar-refractivity contribution >= 4 is 28.5 Å². The molecule has 4 N–H and O–H groups in total. The van der Waals surface area contributed by atoms with Gasteiger partial charge in [0.25, 0.3) is 0 Å².